The van der Waals surface area contributed by atoms with Crippen LogP contribution in [0, 0.1) is 6.92 Å². The number of anilines is 2. The summed E-state index contributed by atoms with van der Waals surface area (Å²) in [7, 11) is 0. The van der Waals surface area contributed by atoms with Crippen molar-refractivity contribution in [3.8, 4) is 5.75 Å². The molecule has 2 aromatic carbocycles. The number of unbranched alkanes of at least 4 members (excludes halogenated alkanes) is 3. The molecule has 6 nitrogen and oxygen atoms in total. The fraction of sp³-hybridized carbons (Fsp3) is 0.348. The molecule has 7 heteroatoms. The van der Waals surface area contributed by atoms with Crippen LogP contribution in [0.15, 0.2) is 42.5 Å². The molecule has 0 fully saturated rings. The Morgan fingerprint density at radius 2 is 1.80 bits per heavy atom. The topological polar surface area (TPSA) is 79.5 Å². The van der Waals surface area contributed by atoms with Gasteiger partial charge in [-0.25, -0.2) is 0 Å². The van der Waals surface area contributed by atoms with Gasteiger partial charge in [-0.3, -0.25) is 14.9 Å². The Kier molecular flexibility index (Phi) is 9.28. The van der Waals surface area contributed by atoms with E-state index in [1.807, 2.05) is 25.1 Å². The second kappa shape index (κ2) is 11.9. The van der Waals surface area contributed by atoms with Gasteiger partial charge in [-0.05, 0) is 55.4 Å². The lowest BCUT2D eigenvalue weighted by Gasteiger charge is -2.14. The summed E-state index contributed by atoms with van der Waals surface area (Å²) in [5, 5.41) is 8.59. The van der Waals surface area contributed by atoms with Gasteiger partial charge in [0.15, 0.2) is 5.11 Å². The van der Waals surface area contributed by atoms with Gasteiger partial charge in [0, 0.05) is 18.3 Å². The van der Waals surface area contributed by atoms with Crippen molar-refractivity contribution < 1.29 is 14.3 Å². The van der Waals surface area contributed by atoms with Crippen molar-refractivity contribution in [3.63, 3.8) is 0 Å². The van der Waals surface area contributed by atoms with Crippen LogP contribution in [-0.4, -0.2) is 23.5 Å². The van der Waals surface area contributed by atoms with Crippen LogP contribution in [0.25, 0.3) is 0 Å². The molecule has 3 N–H and O–H groups in total. The molecular formula is C23H29N3O3S. The Hall–Kier alpha value is -2.93. The minimum Gasteiger partial charge on any atom is -0.493 e. The lowest BCUT2D eigenvalue weighted by atomic mass is 10.1. The van der Waals surface area contributed by atoms with Crippen LogP contribution in [0.1, 0.15) is 55.5 Å². The normalized spacial score (nSPS) is 10.2. The summed E-state index contributed by atoms with van der Waals surface area (Å²) in [4.78, 5) is 24.0. The van der Waals surface area contributed by atoms with Gasteiger partial charge < -0.3 is 15.4 Å². The number of para-hydroxylation sites is 1. The molecule has 0 aromatic heterocycles. The molecule has 0 saturated carbocycles. The molecule has 0 radical (unpaired) electrons. The second-order valence-electron chi connectivity index (χ2n) is 7.02. The molecule has 0 heterocycles. The van der Waals surface area contributed by atoms with Crippen LogP contribution in [0.2, 0.25) is 0 Å². The average molecular weight is 428 g/mol. The molecule has 0 aliphatic carbocycles. The van der Waals surface area contributed by atoms with Crippen LogP contribution < -0.4 is 20.7 Å². The lowest BCUT2D eigenvalue weighted by Crippen LogP contribution is -2.34. The smallest absolute Gasteiger partial charge is 0.261 e. The van der Waals surface area contributed by atoms with Gasteiger partial charge in [0.25, 0.3) is 5.91 Å². The standard InChI is InChI=1S/C23H29N3O3S/c1-4-5-6-9-14-29-21-11-8-7-10-19(21)22(28)26-23(30)25-18-13-12-16(2)20(15-18)24-17(3)27/h7-8,10-13,15H,4-6,9,14H2,1-3H3,(H,24,27)(H2,25,26,28,30). The maximum atomic E-state index is 12.7. The molecule has 0 unspecified atom stereocenters. The van der Waals surface area contributed by atoms with E-state index in [0.29, 0.717) is 29.3 Å². The van der Waals surface area contributed by atoms with Crippen molar-refractivity contribution in [2.45, 2.75) is 46.5 Å². The molecule has 160 valence electrons. The maximum Gasteiger partial charge on any atom is 0.261 e. The van der Waals surface area contributed by atoms with E-state index in [2.05, 4.69) is 22.9 Å². The summed E-state index contributed by atoms with van der Waals surface area (Å²) in [6.45, 7) is 6.08. The van der Waals surface area contributed by atoms with E-state index < -0.39 is 0 Å². The van der Waals surface area contributed by atoms with E-state index in [1.165, 1.54) is 13.3 Å². The summed E-state index contributed by atoms with van der Waals surface area (Å²) < 4.78 is 5.81. The summed E-state index contributed by atoms with van der Waals surface area (Å²) in [6.07, 6.45) is 4.40. The van der Waals surface area contributed by atoms with Crippen molar-refractivity contribution in [3.05, 3.63) is 53.6 Å². The van der Waals surface area contributed by atoms with Crippen molar-refractivity contribution >= 4 is 40.5 Å². The Bertz CT molecular complexity index is 899. The first-order valence-corrected chi connectivity index (χ1v) is 10.5. The van der Waals surface area contributed by atoms with E-state index in [0.717, 1.165) is 24.8 Å². The summed E-state index contributed by atoms with van der Waals surface area (Å²) >= 11 is 5.28. The molecule has 0 bridgehead atoms. The summed E-state index contributed by atoms with van der Waals surface area (Å²) in [5.41, 5.74) is 2.70. The second-order valence-corrected chi connectivity index (χ2v) is 7.43. The van der Waals surface area contributed by atoms with Gasteiger partial charge in [-0.1, -0.05) is 44.4 Å². The molecule has 0 aliphatic heterocycles. The van der Waals surface area contributed by atoms with Crippen LogP contribution in [0.4, 0.5) is 11.4 Å². The van der Waals surface area contributed by atoms with Gasteiger partial charge in [0.2, 0.25) is 5.91 Å². The Balaban J connectivity index is 1.98. The number of hydrogen-bond donors (Lipinski definition) is 3. The van der Waals surface area contributed by atoms with Gasteiger partial charge in [-0.2, -0.15) is 0 Å². The third kappa shape index (κ3) is 7.48. The van der Waals surface area contributed by atoms with Crippen molar-refractivity contribution in [1.82, 2.24) is 5.32 Å². The Morgan fingerprint density at radius 1 is 1.03 bits per heavy atom. The van der Waals surface area contributed by atoms with E-state index in [-0.39, 0.29) is 16.9 Å². The highest BCUT2D eigenvalue weighted by molar-refractivity contribution is 7.80. The number of amides is 2. The van der Waals surface area contributed by atoms with Crippen molar-refractivity contribution in [2.24, 2.45) is 0 Å². The number of benzene rings is 2. The average Bonchev–Trinajstić information content (AvgIpc) is 2.70. The number of aryl methyl sites for hydroxylation is 1. The van der Waals surface area contributed by atoms with E-state index in [1.54, 1.807) is 24.3 Å². The van der Waals surface area contributed by atoms with Crippen molar-refractivity contribution in [2.75, 3.05) is 17.2 Å². The first-order valence-electron chi connectivity index (χ1n) is 10.1. The third-order valence-electron chi connectivity index (χ3n) is 4.42. The quantitative estimate of drug-likeness (QED) is 0.386. The highest BCUT2D eigenvalue weighted by atomic mass is 32.1. The fourth-order valence-electron chi connectivity index (χ4n) is 2.85. The SMILES string of the molecule is CCCCCCOc1ccccc1C(=O)NC(=S)Nc1ccc(C)c(NC(C)=O)c1. The van der Waals surface area contributed by atoms with Crippen LogP contribution >= 0.6 is 12.2 Å². The molecule has 2 aromatic rings. The molecular weight excluding hydrogens is 398 g/mol. The molecule has 0 aliphatic rings. The highest BCUT2D eigenvalue weighted by Crippen LogP contribution is 2.21. The predicted molar refractivity (Wildman–Crippen MR) is 125 cm³/mol. The number of hydrogen-bond acceptors (Lipinski definition) is 4. The minimum atomic E-state index is -0.342. The molecule has 2 amide bonds. The minimum absolute atomic E-state index is 0.155. The van der Waals surface area contributed by atoms with Crippen LogP contribution in [0.3, 0.4) is 0 Å². The van der Waals surface area contributed by atoms with Gasteiger partial charge >= 0.3 is 0 Å². The highest BCUT2D eigenvalue weighted by Gasteiger charge is 2.14. The Morgan fingerprint density at radius 3 is 2.53 bits per heavy atom. The maximum absolute atomic E-state index is 12.7. The fourth-order valence-corrected chi connectivity index (χ4v) is 3.06. The first-order chi connectivity index (χ1) is 14.4. The van der Waals surface area contributed by atoms with E-state index >= 15 is 0 Å². The summed E-state index contributed by atoms with van der Waals surface area (Å²) in [5.74, 6) is 0.0425. The number of thiocarbonyl (C=S) groups is 1. The van der Waals surface area contributed by atoms with Crippen molar-refractivity contribution in [1.29, 1.82) is 0 Å². The molecule has 0 atom stereocenters. The zero-order valence-corrected chi connectivity index (χ0v) is 18.5. The molecule has 30 heavy (non-hydrogen) atoms. The van der Waals surface area contributed by atoms with Crippen LogP contribution in [0.5, 0.6) is 5.75 Å². The van der Waals surface area contributed by atoms with Gasteiger partial charge in [0.05, 0.1) is 12.2 Å². The molecule has 0 saturated heterocycles. The molecule has 2 rings (SSSR count). The Labute approximate surface area is 183 Å². The lowest BCUT2D eigenvalue weighted by molar-refractivity contribution is -0.114. The predicted octanol–water partition coefficient (Wildman–Crippen LogP) is 5.04. The summed E-state index contributed by atoms with van der Waals surface area (Å²) in [6, 6.07) is 12.6. The van der Waals surface area contributed by atoms with Gasteiger partial charge in [0.1, 0.15) is 5.75 Å². The zero-order valence-electron chi connectivity index (χ0n) is 17.7. The van der Waals surface area contributed by atoms with Gasteiger partial charge in [-0.15, -0.1) is 0 Å². The number of ether oxygens (including phenoxy) is 1. The zero-order chi connectivity index (χ0) is 21.9. The largest absolute Gasteiger partial charge is 0.493 e. The third-order valence-corrected chi connectivity index (χ3v) is 4.62. The number of rotatable bonds is 9. The molecule has 0 spiro atoms. The number of carbonyl (C=O) groups excluding carboxylic acids is 2. The van der Waals surface area contributed by atoms with Crippen LogP contribution in [-0.2, 0) is 4.79 Å². The monoisotopic (exact) mass is 427 g/mol. The first kappa shape index (κ1) is 23.3. The number of carbonyl (C=O) groups is 2. The number of nitrogens with one attached hydrogen (secondary N) is 3. The van der Waals surface area contributed by atoms with E-state index in [9.17, 15) is 9.59 Å². The van der Waals surface area contributed by atoms with E-state index in [4.69, 9.17) is 17.0 Å².